The second-order valence-corrected chi connectivity index (χ2v) is 7.90. The molecule has 0 bridgehead atoms. The van der Waals surface area contributed by atoms with E-state index < -0.39 is 0 Å². The zero-order valence-electron chi connectivity index (χ0n) is 7.79. The van der Waals surface area contributed by atoms with Crippen LogP contribution in [-0.2, 0) is 4.74 Å². The van der Waals surface area contributed by atoms with Gasteiger partial charge in [0.05, 0.1) is 7.85 Å². The summed E-state index contributed by atoms with van der Waals surface area (Å²) in [4.78, 5) is -0.146. The van der Waals surface area contributed by atoms with Gasteiger partial charge in [-0.05, 0) is 6.42 Å². The minimum atomic E-state index is -0.245. The van der Waals surface area contributed by atoms with Gasteiger partial charge in [-0.3, -0.25) is 0 Å². The van der Waals surface area contributed by atoms with E-state index in [1.54, 1.807) is 6.26 Å². The summed E-state index contributed by atoms with van der Waals surface area (Å²) in [5.41, 5.74) is 0. The lowest BCUT2D eigenvalue weighted by Crippen LogP contribution is -2.24. The number of rotatable bonds is 5. The smallest absolute Gasteiger partial charge is 0.286 e. The highest BCUT2D eigenvalue weighted by molar-refractivity contribution is 7.40. The van der Waals surface area contributed by atoms with E-state index in [-0.39, 0.29) is 9.95 Å². The van der Waals surface area contributed by atoms with Crippen molar-refractivity contribution in [2.24, 2.45) is 0 Å². The topological polar surface area (TPSA) is 33.0 Å². The summed E-state index contributed by atoms with van der Waals surface area (Å²) in [6.45, 7) is 2.34. The second-order valence-electron chi connectivity index (χ2n) is 3.62. The van der Waals surface area contributed by atoms with Gasteiger partial charge in [-0.2, -0.15) is 5.26 Å². The van der Waals surface area contributed by atoms with Crippen LogP contribution in [0.1, 0.15) is 19.8 Å². The number of nitriles is 1. The van der Waals surface area contributed by atoms with Crippen LogP contribution < -0.4 is 0 Å². The van der Waals surface area contributed by atoms with Gasteiger partial charge in [-0.1, -0.05) is 18.4 Å². The van der Waals surface area contributed by atoms with Gasteiger partial charge in [0.2, 0.25) is 0 Å². The largest absolute Gasteiger partial charge is 0.426 e. The third-order valence-corrected chi connectivity index (χ3v) is 2.73. The van der Waals surface area contributed by atoms with Gasteiger partial charge in [0.15, 0.2) is 0 Å². The van der Waals surface area contributed by atoms with E-state index in [1.165, 1.54) is 0 Å². The zero-order valence-corrected chi connectivity index (χ0v) is 11.3. The third-order valence-electron chi connectivity index (χ3n) is 1.53. The van der Waals surface area contributed by atoms with Crippen molar-refractivity contribution in [2.45, 2.75) is 29.7 Å². The Labute approximate surface area is 88.6 Å². The molecule has 0 aliphatic rings. The molecule has 0 spiro atoms. The Bertz CT molecular complexity index is 197. The molecule has 6 heteroatoms. The van der Waals surface area contributed by atoms with Crippen LogP contribution in [0, 0.1) is 11.5 Å². The monoisotopic (exact) mass is 233 g/mol. The molecule has 0 aromatic rings. The Morgan fingerprint density at radius 1 is 1.38 bits per heavy atom. The van der Waals surface area contributed by atoms with Gasteiger partial charge in [0.25, 0.3) is 6.26 Å². The minimum Gasteiger partial charge on any atom is -0.426 e. The summed E-state index contributed by atoms with van der Waals surface area (Å²) >= 11 is 0. The fourth-order valence-corrected chi connectivity index (χ4v) is 1.34. The molecular weight excluding hydrogens is 218 g/mol. The first kappa shape index (κ1) is 13.6. The molecule has 0 saturated heterocycles. The van der Waals surface area contributed by atoms with Crippen LogP contribution in [0.4, 0.5) is 0 Å². The van der Waals surface area contributed by atoms with E-state index in [0.717, 1.165) is 12.8 Å². The fourth-order valence-electron chi connectivity index (χ4n) is 0.741. The quantitative estimate of drug-likeness (QED) is 0.409. The highest BCUT2D eigenvalue weighted by atomic mass is 31.1. The fraction of sp³-hybridized carbons (Fsp3) is 0.857. The summed E-state index contributed by atoms with van der Waals surface area (Å²) in [6.07, 6.45) is 3.39. The highest BCUT2D eigenvalue weighted by Crippen LogP contribution is 2.35. The molecule has 0 aromatic heterocycles. The summed E-state index contributed by atoms with van der Waals surface area (Å²) in [7, 11) is 13.7. The average Bonchev–Trinajstić information content (AvgIpc) is 1.97. The average molecular weight is 233 g/mol. The number of hydrogen-bond donors (Lipinski definition) is 0. The minimum absolute atomic E-state index is 0.146. The van der Waals surface area contributed by atoms with Crippen LogP contribution in [-0.4, -0.2) is 24.4 Å². The van der Waals surface area contributed by atoms with E-state index >= 15 is 0 Å². The predicted molar refractivity (Wildman–Crippen MR) is 66.8 cm³/mol. The Kier molecular flexibility index (Phi) is 5.78. The van der Waals surface area contributed by atoms with Gasteiger partial charge in [-0.15, -0.1) is 27.7 Å². The lowest BCUT2D eigenvalue weighted by Gasteiger charge is -2.27. The first-order valence-electron chi connectivity index (χ1n) is 3.93. The first-order valence-corrected chi connectivity index (χ1v) is 5.66. The molecule has 4 unspecified atom stereocenters. The van der Waals surface area contributed by atoms with Crippen LogP contribution in [0.25, 0.3) is 0 Å². The van der Waals surface area contributed by atoms with Crippen molar-refractivity contribution in [1.82, 2.24) is 0 Å². The summed E-state index contributed by atoms with van der Waals surface area (Å²) < 4.78 is 4.68. The Balaban J connectivity index is 3.83. The molecule has 2 nitrogen and oxygen atoms in total. The summed E-state index contributed by atoms with van der Waals surface area (Å²) in [5.74, 6) is 0. The van der Waals surface area contributed by atoms with Crippen molar-refractivity contribution in [3.63, 3.8) is 0 Å². The first-order chi connectivity index (χ1) is 5.77. The highest BCUT2D eigenvalue weighted by Gasteiger charge is 2.22. The maximum atomic E-state index is 8.24. The van der Waals surface area contributed by atoms with E-state index in [1.807, 2.05) is 6.92 Å². The van der Waals surface area contributed by atoms with E-state index in [4.69, 9.17) is 13.1 Å². The van der Waals surface area contributed by atoms with Crippen LogP contribution in [0.5, 0.6) is 0 Å². The van der Waals surface area contributed by atoms with Crippen molar-refractivity contribution in [3.05, 3.63) is 0 Å². The molecule has 0 saturated carbocycles. The zero-order chi connectivity index (χ0) is 10.5. The molecule has 0 N–H and O–H groups in total. The van der Waals surface area contributed by atoms with Gasteiger partial charge in [-0.25, -0.2) is 0 Å². The summed E-state index contributed by atoms with van der Waals surface area (Å²) in [5, 5.41) is 7.99. The van der Waals surface area contributed by atoms with Crippen LogP contribution in [0.3, 0.4) is 0 Å². The molecule has 72 valence electrons. The van der Waals surface area contributed by atoms with Crippen LogP contribution >= 0.6 is 27.7 Å². The van der Waals surface area contributed by atoms with E-state index in [0.29, 0.717) is 6.61 Å². The summed E-state index contributed by atoms with van der Waals surface area (Å²) in [6, 6.07) is 0. The van der Waals surface area contributed by atoms with Crippen molar-refractivity contribution in [2.75, 3.05) is 6.61 Å². The molecule has 2 radical (unpaired) electrons. The van der Waals surface area contributed by atoms with Crippen LogP contribution in [0.2, 0.25) is 0 Å². The molecular formula is C7H15BNOP3. The number of nitrogens with zero attached hydrogens (tertiary/aromatic N) is 1. The Morgan fingerprint density at radius 2 is 1.92 bits per heavy atom. The second kappa shape index (κ2) is 5.51. The predicted octanol–water partition coefficient (Wildman–Crippen LogP) is 1.47. The Morgan fingerprint density at radius 3 is 2.31 bits per heavy atom. The molecule has 0 heterocycles. The SMILES string of the molecule is [B]C(C)(P)CCC(P)(P)COC#N. The van der Waals surface area contributed by atoms with Crippen molar-refractivity contribution in [3.8, 4) is 6.26 Å². The lowest BCUT2D eigenvalue weighted by atomic mass is 9.83. The standard InChI is InChI=1S/C7H15BNOP3/c1-6(8,11)2-3-7(12,13)4-10-5-9/h2-4,11-13H2,1H3. The lowest BCUT2D eigenvalue weighted by molar-refractivity contribution is 0.255. The Hall–Kier alpha value is 0.645. The van der Waals surface area contributed by atoms with Gasteiger partial charge >= 0.3 is 0 Å². The van der Waals surface area contributed by atoms with Crippen molar-refractivity contribution < 1.29 is 4.74 Å². The molecule has 0 aromatic carbocycles. The third kappa shape index (κ3) is 8.96. The number of hydrogen-bond acceptors (Lipinski definition) is 2. The maximum Gasteiger partial charge on any atom is 0.286 e. The van der Waals surface area contributed by atoms with E-state index in [9.17, 15) is 0 Å². The van der Waals surface area contributed by atoms with Gasteiger partial charge in [0, 0.05) is 4.90 Å². The maximum absolute atomic E-state index is 8.24. The molecule has 0 aliphatic carbocycles. The number of ether oxygens (including phenoxy) is 1. The normalized spacial score (nSPS) is 15.9. The molecule has 0 fully saturated rings. The van der Waals surface area contributed by atoms with Crippen LogP contribution in [0.15, 0.2) is 0 Å². The molecule has 4 atom stereocenters. The van der Waals surface area contributed by atoms with Gasteiger partial charge in [0.1, 0.15) is 6.61 Å². The molecule has 0 rings (SSSR count). The molecule has 0 aliphatic heterocycles. The van der Waals surface area contributed by atoms with Crippen molar-refractivity contribution >= 4 is 35.6 Å². The van der Waals surface area contributed by atoms with Crippen molar-refractivity contribution in [1.29, 1.82) is 5.26 Å². The van der Waals surface area contributed by atoms with Gasteiger partial charge < -0.3 is 4.74 Å². The van der Waals surface area contributed by atoms with E-state index in [2.05, 4.69) is 32.5 Å². The molecule has 13 heavy (non-hydrogen) atoms. The molecule has 0 amide bonds.